The molecular formula is C45H72N8O2S3. The predicted octanol–water partition coefficient (Wildman–Crippen LogP) is 8.01. The van der Waals surface area contributed by atoms with Crippen molar-refractivity contribution in [2.75, 3.05) is 81.4 Å². The minimum atomic E-state index is -1.08. The van der Waals surface area contributed by atoms with E-state index >= 15 is 0 Å². The fourth-order valence-electron chi connectivity index (χ4n) is 6.05. The standard InChI is InChI=1S/C27H33N7S3.C16H36N.C2H4O2/c35-25(31-22-10-4-1-5-11-22)28-16-19-34(20-17-29-26(36)32-23-12-6-2-7-13-23)21-18-30-27(37)33-24-14-8-3-9-15-24;1-5-9-13-17(14-10-6-2,15-11-7-3)16-12-8-4;1-2(3)4/h1-15H,16-21H2,(H2,28,31,35)(H2,29,32,36)(H2,30,33,37);5-16H2,1-4H3;1H3,(H,3,4)/q;+1;/p-1. The van der Waals surface area contributed by atoms with E-state index < -0.39 is 5.97 Å². The summed E-state index contributed by atoms with van der Waals surface area (Å²) in [6.45, 7) is 20.5. The molecule has 322 valence electrons. The third kappa shape index (κ3) is 27.7. The van der Waals surface area contributed by atoms with Crippen LogP contribution >= 0.6 is 36.7 Å². The van der Waals surface area contributed by atoms with Gasteiger partial charge >= 0.3 is 0 Å². The Morgan fingerprint density at radius 3 is 0.983 bits per heavy atom. The summed E-state index contributed by atoms with van der Waals surface area (Å²) >= 11 is 16.3. The maximum absolute atomic E-state index is 8.89. The molecule has 3 aromatic carbocycles. The number of anilines is 3. The minimum absolute atomic E-state index is 0.601. The van der Waals surface area contributed by atoms with Crippen LogP contribution in [0.2, 0.25) is 0 Å². The van der Waals surface area contributed by atoms with Crippen molar-refractivity contribution < 1.29 is 14.4 Å². The number of rotatable bonds is 24. The number of carbonyl (C=O) groups is 1. The smallest absolute Gasteiger partial charge is 0.170 e. The summed E-state index contributed by atoms with van der Waals surface area (Å²) in [5.74, 6) is -1.08. The monoisotopic (exact) mass is 852 g/mol. The Hall–Kier alpha value is -3.88. The number of unbranched alkanes of at least 4 members (excludes halogenated alkanes) is 4. The van der Waals surface area contributed by atoms with E-state index in [1.165, 1.54) is 82.0 Å². The number of thiocarbonyl (C=S) groups is 3. The van der Waals surface area contributed by atoms with Crippen molar-refractivity contribution in [2.45, 2.75) is 86.0 Å². The predicted molar refractivity (Wildman–Crippen MR) is 258 cm³/mol. The number of para-hydroxylation sites is 3. The van der Waals surface area contributed by atoms with Crippen molar-refractivity contribution in [2.24, 2.45) is 0 Å². The molecule has 0 saturated carbocycles. The quantitative estimate of drug-likeness (QED) is 0.0388. The first-order chi connectivity index (χ1) is 28.1. The fraction of sp³-hybridized carbons (Fsp3) is 0.511. The summed E-state index contributed by atoms with van der Waals surface area (Å²) in [5, 5.41) is 30.2. The molecule has 10 nitrogen and oxygen atoms in total. The van der Waals surface area contributed by atoms with Crippen LogP contribution in [-0.2, 0) is 4.79 Å². The molecule has 0 aliphatic rings. The largest absolute Gasteiger partial charge is 0.550 e. The number of carboxylic acid groups (broad SMARTS) is 1. The molecule has 58 heavy (non-hydrogen) atoms. The summed E-state index contributed by atoms with van der Waals surface area (Å²) in [7, 11) is 0. The number of aliphatic carboxylic acids is 1. The van der Waals surface area contributed by atoms with Crippen molar-refractivity contribution in [1.29, 1.82) is 0 Å². The Morgan fingerprint density at radius 1 is 0.517 bits per heavy atom. The zero-order chi connectivity index (χ0) is 42.7. The Balaban J connectivity index is 0.000000668. The average Bonchev–Trinajstić information content (AvgIpc) is 3.21. The lowest BCUT2D eigenvalue weighted by molar-refractivity contribution is -0.929. The molecular weight excluding hydrogens is 781 g/mol. The molecule has 0 atom stereocenters. The molecule has 0 spiro atoms. The van der Waals surface area contributed by atoms with Gasteiger partial charge in [-0.2, -0.15) is 0 Å². The van der Waals surface area contributed by atoms with Crippen molar-refractivity contribution >= 4 is 75.0 Å². The van der Waals surface area contributed by atoms with E-state index in [9.17, 15) is 0 Å². The van der Waals surface area contributed by atoms with Gasteiger partial charge in [0.15, 0.2) is 15.3 Å². The zero-order valence-electron chi connectivity index (χ0n) is 35.8. The topological polar surface area (TPSA) is 116 Å². The average molecular weight is 853 g/mol. The van der Waals surface area contributed by atoms with Gasteiger partial charge in [-0.25, -0.2) is 0 Å². The van der Waals surface area contributed by atoms with Crippen LogP contribution in [0.1, 0.15) is 86.0 Å². The SMILES string of the molecule is CC(=O)[O-].CCCC[N+](CCCC)(CCCC)CCCC.S=C(NCCN(CCNC(=S)Nc1ccccc1)CCNC(=S)Nc1ccccc1)Nc1ccccc1. The highest BCUT2D eigenvalue weighted by Crippen LogP contribution is 2.16. The molecule has 0 radical (unpaired) electrons. The molecule has 0 aliphatic heterocycles. The first kappa shape index (κ1) is 52.1. The number of hydrogen-bond donors (Lipinski definition) is 6. The lowest BCUT2D eigenvalue weighted by Gasteiger charge is -2.39. The van der Waals surface area contributed by atoms with Crippen molar-refractivity contribution in [3.05, 3.63) is 91.0 Å². The van der Waals surface area contributed by atoms with Crippen molar-refractivity contribution in [3.8, 4) is 0 Å². The van der Waals surface area contributed by atoms with Gasteiger partial charge in [0, 0.05) is 62.3 Å². The number of benzene rings is 3. The molecule has 6 N–H and O–H groups in total. The number of carbonyl (C=O) groups excluding carboxylic acids is 1. The molecule has 0 saturated heterocycles. The number of quaternary nitrogens is 1. The highest BCUT2D eigenvalue weighted by atomic mass is 32.1. The van der Waals surface area contributed by atoms with Gasteiger partial charge in [-0.05, 0) is 106 Å². The molecule has 0 bridgehead atoms. The number of hydrogen-bond acceptors (Lipinski definition) is 6. The van der Waals surface area contributed by atoms with E-state index in [0.29, 0.717) is 35.0 Å². The van der Waals surface area contributed by atoms with Gasteiger partial charge in [-0.15, -0.1) is 0 Å². The van der Waals surface area contributed by atoms with Gasteiger partial charge in [-0.1, -0.05) is 108 Å². The normalized spacial score (nSPS) is 10.5. The number of carboxylic acids is 1. The van der Waals surface area contributed by atoms with E-state index in [0.717, 1.165) is 43.6 Å². The zero-order valence-corrected chi connectivity index (χ0v) is 38.3. The molecule has 3 rings (SSSR count). The van der Waals surface area contributed by atoms with E-state index in [2.05, 4.69) is 64.5 Å². The van der Waals surface area contributed by atoms with Gasteiger partial charge in [0.25, 0.3) is 0 Å². The summed E-state index contributed by atoms with van der Waals surface area (Å²) in [6.07, 6.45) is 11.1. The summed E-state index contributed by atoms with van der Waals surface area (Å²) in [5.41, 5.74) is 2.89. The Bertz CT molecular complexity index is 1320. The lowest BCUT2D eigenvalue weighted by Crippen LogP contribution is -2.50. The Labute approximate surface area is 366 Å². The number of nitrogens with zero attached hydrogens (tertiary/aromatic N) is 2. The molecule has 0 aliphatic carbocycles. The first-order valence-corrected chi connectivity index (χ1v) is 22.3. The first-order valence-electron chi connectivity index (χ1n) is 21.1. The third-order valence-corrected chi connectivity index (χ3v) is 9.92. The van der Waals surface area contributed by atoms with Gasteiger partial charge in [0.05, 0.1) is 26.2 Å². The van der Waals surface area contributed by atoms with Gasteiger partial charge < -0.3 is 46.3 Å². The van der Waals surface area contributed by atoms with Crippen LogP contribution in [-0.4, -0.2) is 96.1 Å². The molecule has 13 heteroatoms. The summed E-state index contributed by atoms with van der Waals surface area (Å²) in [4.78, 5) is 11.2. The molecule has 0 amide bonds. The van der Waals surface area contributed by atoms with Gasteiger partial charge in [0.2, 0.25) is 0 Å². The maximum atomic E-state index is 8.89. The van der Waals surface area contributed by atoms with Crippen LogP contribution in [0.25, 0.3) is 0 Å². The molecule has 0 unspecified atom stereocenters. The van der Waals surface area contributed by atoms with E-state index in [1.54, 1.807) is 0 Å². The van der Waals surface area contributed by atoms with E-state index in [4.69, 9.17) is 46.6 Å². The Morgan fingerprint density at radius 2 is 0.759 bits per heavy atom. The second-order valence-corrected chi connectivity index (χ2v) is 15.4. The van der Waals surface area contributed by atoms with Crippen LogP contribution in [0.4, 0.5) is 17.1 Å². The highest BCUT2D eigenvalue weighted by molar-refractivity contribution is 7.80. The van der Waals surface area contributed by atoms with Crippen molar-refractivity contribution in [1.82, 2.24) is 20.9 Å². The molecule has 0 heterocycles. The lowest BCUT2D eigenvalue weighted by atomic mass is 10.1. The second-order valence-electron chi connectivity index (χ2n) is 14.2. The van der Waals surface area contributed by atoms with Crippen molar-refractivity contribution in [3.63, 3.8) is 0 Å². The van der Waals surface area contributed by atoms with E-state index in [-0.39, 0.29) is 0 Å². The van der Waals surface area contributed by atoms with E-state index in [1.807, 2.05) is 91.0 Å². The van der Waals surface area contributed by atoms with Crippen LogP contribution in [0, 0.1) is 0 Å². The minimum Gasteiger partial charge on any atom is -0.550 e. The molecule has 0 aromatic heterocycles. The van der Waals surface area contributed by atoms with Gasteiger partial charge in [0.1, 0.15) is 0 Å². The summed E-state index contributed by atoms with van der Waals surface area (Å²) in [6, 6.07) is 29.7. The second kappa shape index (κ2) is 34.0. The summed E-state index contributed by atoms with van der Waals surface area (Å²) < 4.78 is 1.42. The number of nitrogens with one attached hydrogen (secondary N) is 6. The van der Waals surface area contributed by atoms with Crippen LogP contribution in [0.5, 0.6) is 0 Å². The molecule has 3 aromatic rings. The van der Waals surface area contributed by atoms with Crippen LogP contribution in [0.15, 0.2) is 91.0 Å². The highest BCUT2D eigenvalue weighted by Gasteiger charge is 2.24. The van der Waals surface area contributed by atoms with Gasteiger partial charge in [-0.3, -0.25) is 4.90 Å². The Kier molecular flexibility index (Phi) is 30.6. The fourth-order valence-corrected chi connectivity index (χ4v) is 6.71. The molecule has 0 fully saturated rings. The van der Waals surface area contributed by atoms with Crippen LogP contribution in [0.3, 0.4) is 0 Å². The maximum Gasteiger partial charge on any atom is 0.170 e. The van der Waals surface area contributed by atoms with Crippen LogP contribution < -0.4 is 37.0 Å². The third-order valence-electron chi connectivity index (χ3n) is 9.18.